The standard InChI is InChI=1S/C55H99NO9/c1-3-5-7-9-11-13-15-17-18-19-20-21-22-23-24-26-28-30-32-34-39-43-50(58)56-47(45-63-55-53(61)52(60)51(59)49(44-57)65-55)48(64-54(62)46-40-36-35-37-41-46)42-38-33-31-29-27-25-16-14-12-10-8-6-4-2/h35-37,40-41,47-49,51-53,55,57,59-61H,3-34,38-39,42-45H2,1-2H3,(H,56,58)/t47-,48+,49+,51-,52-,53+,55+/m0/s1. The molecule has 0 aromatic heterocycles. The van der Waals surface area contributed by atoms with Gasteiger partial charge in [-0.2, -0.15) is 0 Å². The van der Waals surface area contributed by atoms with Crippen molar-refractivity contribution in [3.05, 3.63) is 35.9 Å². The smallest absolute Gasteiger partial charge is 0.338 e. The first kappa shape index (κ1) is 59.0. The van der Waals surface area contributed by atoms with Crippen LogP contribution in [0.5, 0.6) is 0 Å². The van der Waals surface area contributed by atoms with Crippen LogP contribution in [0.4, 0.5) is 0 Å². The Balaban J connectivity index is 1.81. The van der Waals surface area contributed by atoms with E-state index in [2.05, 4.69) is 19.2 Å². The number of ether oxygens (including phenoxy) is 3. The summed E-state index contributed by atoms with van der Waals surface area (Å²) in [4.78, 5) is 27.0. The first-order valence-corrected chi connectivity index (χ1v) is 27.3. The van der Waals surface area contributed by atoms with Gasteiger partial charge in [0, 0.05) is 6.42 Å². The van der Waals surface area contributed by atoms with Crippen molar-refractivity contribution in [3.63, 3.8) is 0 Å². The largest absolute Gasteiger partial charge is 0.456 e. The van der Waals surface area contributed by atoms with Crippen molar-refractivity contribution in [3.8, 4) is 0 Å². The SMILES string of the molecule is CCCCCCCCCCCCCCCCCCCCCCCC(=O)N[C@@H](CO[C@@H]1O[C@H](CO)[C@H](O)[C@H](O)[C@H]1O)[C@@H](CCCCCCCCCCCCCCC)OC(=O)c1ccccc1. The number of unbranched alkanes of at least 4 members (excludes halogenated alkanes) is 32. The van der Waals surface area contributed by atoms with Crippen LogP contribution >= 0.6 is 0 Å². The zero-order valence-electron chi connectivity index (χ0n) is 41.6. The number of hydrogen-bond donors (Lipinski definition) is 5. The minimum Gasteiger partial charge on any atom is -0.456 e. The lowest BCUT2D eigenvalue weighted by Gasteiger charge is -2.40. The maximum Gasteiger partial charge on any atom is 0.338 e. The molecule has 1 aromatic rings. The van der Waals surface area contributed by atoms with E-state index < -0.39 is 55.4 Å². The Morgan fingerprint density at radius 3 is 1.37 bits per heavy atom. The van der Waals surface area contributed by atoms with Crippen molar-refractivity contribution in [1.82, 2.24) is 5.32 Å². The lowest BCUT2D eigenvalue weighted by atomic mass is 9.99. The molecule has 0 radical (unpaired) electrons. The van der Waals surface area contributed by atoms with Crippen LogP contribution in [0, 0.1) is 0 Å². The first-order chi connectivity index (χ1) is 31.8. The van der Waals surface area contributed by atoms with E-state index in [0.29, 0.717) is 18.4 Å². The number of amides is 1. The molecule has 2 rings (SSSR count). The highest BCUT2D eigenvalue weighted by molar-refractivity contribution is 5.89. The van der Waals surface area contributed by atoms with Crippen LogP contribution in [-0.4, -0.2) is 88.4 Å². The molecule has 10 heteroatoms. The highest BCUT2D eigenvalue weighted by Gasteiger charge is 2.44. The lowest BCUT2D eigenvalue weighted by Crippen LogP contribution is -2.60. The van der Waals surface area contributed by atoms with Crippen LogP contribution in [0.15, 0.2) is 30.3 Å². The molecule has 0 aliphatic carbocycles. The van der Waals surface area contributed by atoms with Crippen LogP contribution in [-0.2, 0) is 19.0 Å². The predicted molar refractivity (Wildman–Crippen MR) is 265 cm³/mol. The quantitative estimate of drug-likeness (QED) is 0.0318. The van der Waals surface area contributed by atoms with E-state index in [1.807, 2.05) is 6.07 Å². The van der Waals surface area contributed by atoms with Gasteiger partial charge >= 0.3 is 5.97 Å². The van der Waals surface area contributed by atoms with Crippen molar-refractivity contribution in [1.29, 1.82) is 0 Å². The summed E-state index contributed by atoms with van der Waals surface area (Å²) in [6.45, 7) is 3.77. The Morgan fingerprint density at radius 2 is 0.954 bits per heavy atom. The van der Waals surface area contributed by atoms with Gasteiger partial charge < -0.3 is 40.0 Å². The van der Waals surface area contributed by atoms with Gasteiger partial charge in [0.2, 0.25) is 5.91 Å². The molecule has 1 aliphatic heterocycles. The second-order valence-electron chi connectivity index (χ2n) is 19.4. The summed E-state index contributed by atoms with van der Waals surface area (Å²) in [5.74, 6) is -0.668. The van der Waals surface area contributed by atoms with Gasteiger partial charge in [-0.25, -0.2) is 4.79 Å². The summed E-state index contributed by atoms with van der Waals surface area (Å²) in [5.41, 5.74) is 0.405. The molecule has 5 N–H and O–H groups in total. The third-order valence-corrected chi connectivity index (χ3v) is 13.5. The van der Waals surface area contributed by atoms with Crippen LogP contribution < -0.4 is 5.32 Å². The van der Waals surface area contributed by atoms with E-state index in [9.17, 15) is 30.0 Å². The molecule has 0 spiro atoms. The van der Waals surface area contributed by atoms with Gasteiger partial charge in [0.05, 0.1) is 24.8 Å². The second kappa shape index (κ2) is 40.9. The average molecular weight is 918 g/mol. The number of aliphatic hydroxyl groups excluding tert-OH is 4. The van der Waals surface area contributed by atoms with Gasteiger partial charge in [-0.1, -0.05) is 238 Å². The number of aliphatic hydroxyl groups is 4. The van der Waals surface area contributed by atoms with Crippen LogP contribution in [0.1, 0.15) is 255 Å². The fourth-order valence-electron chi connectivity index (χ4n) is 9.13. The highest BCUT2D eigenvalue weighted by atomic mass is 16.7. The van der Waals surface area contributed by atoms with Gasteiger partial charge in [-0.15, -0.1) is 0 Å². The number of rotatable bonds is 44. The summed E-state index contributed by atoms with van der Waals surface area (Å²) < 4.78 is 17.7. The van der Waals surface area contributed by atoms with Gasteiger partial charge in [0.25, 0.3) is 0 Å². The van der Waals surface area contributed by atoms with Gasteiger partial charge in [0.1, 0.15) is 30.5 Å². The maximum atomic E-state index is 13.5. The van der Waals surface area contributed by atoms with Crippen molar-refractivity contribution in [2.45, 2.75) is 288 Å². The molecule has 0 bridgehead atoms. The summed E-state index contributed by atoms with van der Waals surface area (Å²) >= 11 is 0. The van der Waals surface area contributed by atoms with Crippen molar-refractivity contribution in [2.75, 3.05) is 13.2 Å². The molecule has 1 fully saturated rings. The molecular weight excluding hydrogens is 819 g/mol. The van der Waals surface area contributed by atoms with E-state index in [-0.39, 0.29) is 12.5 Å². The number of carbonyl (C=O) groups is 2. The van der Waals surface area contributed by atoms with Crippen LogP contribution in [0.25, 0.3) is 0 Å². The Hall–Kier alpha value is -2.08. The Labute approximate surface area is 397 Å². The zero-order valence-corrected chi connectivity index (χ0v) is 41.6. The van der Waals surface area contributed by atoms with Crippen molar-refractivity contribution in [2.24, 2.45) is 0 Å². The molecular formula is C55H99NO9. The zero-order chi connectivity index (χ0) is 47.0. The van der Waals surface area contributed by atoms with Gasteiger partial charge in [-0.3, -0.25) is 4.79 Å². The number of benzene rings is 1. The number of esters is 1. The summed E-state index contributed by atoms with van der Waals surface area (Å²) in [7, 11) is 0. The van der Waals surface area contributed by atoms with Crippen LogP contribution in [0.3, 0.4) is 0 Å². The average Bonchev–Trinajstić information content (AvgIpc) is 3.31. The van der Waals surface area contributed by atoms with E-state index in [1.54, 1.807) is 24.3 Å². The minimum atomic E-state index is -1.60. The molecule has 1 saturated heterocycles. The minimum absolute atomic E-state index is 0.170. The first-order valence-electron chi connectivity index (χ1n) is 27.3. The topological polar surface area (TPSA) is 155 Å². The van der Waals surface area contributed by atoms with E-state index in [4.69, 9.17) is 14.2 Å². The number of hydrogen-bond acceptors (Lipinski definition) is 9. The fraction of sp³-hybridized carbons (Fsp3) is 0.855. The summed E-state index contributed by atoms with van der Waals surface area (Å²) in [6.07, 6.45) is 35.9. The maximum absolute atomic E-state index is 13.5. The van der Waals surface area contributed by atoms with E-state index in [0.717, 1.165) is 44.9 Å². The number of nitrogens with one attached hydrogen (secondary N) is 1. The predicted octanol–water partition coefficient (Wildman–Crippen LogP) is 12.6. The van der Waals surface area contributed by atoms with E-state index in [1.165, 1.54) is 173 Å². The molecule has 378 valence electrons. The highest BCUT2D eigenvalue weighted by Crippen LogP contribution is 2.24. The third kappa shape index (κ3) is 29.4. The second-order valence-corrected chi connectivity index (χ2v) is 19.4. The van der Waals surface area contributed by atoms with Gasteiger partial charge in [-0.05, 0) is 31.4 Å². The third-order valence-electron chi connectivity index (χ3n) is 13.5. The van der Waals surface area contributed by atoms with Gasteiger partial charge in [0.15, 0.2) is 6.29 Å². The summed E-state index contributed by atoms with van der Waals surface area (Å²) in [5, 5.41) is 44.3. The lowest BCUT2D eigenvalue weighted by molar-refractivity contribution is -0.302. The Bertz CT molecular complexity index is 1230. The molecule has 0 saturated carbocycles. The molecule has 0 unspecified atom stereocenters. The summed E-state index contributed by atoms with van der Waals surface area (Å²) in [6, 6.07) is 8.02. The molecule has 7 atom stereocenters. The molecule has 1 heterocycles. The van der Waals surface area contributed by atoms with Crippen molar-refractivity contribution >= 4 is 11.9 Å². The number of carbonyl (C=O) groups excluding carboxylic acids is 2. The Kier molecular flexibility index (Phi) is 37.2. The normalized spacial score (nSPS) is 19.6. The van der Waals surface area contributed by atoms with Crippen molar-refractivity contribution < 1.29 is 44.2 Å². The molecule has 1 amide bonds. The van der Waals surface area contributed by atoms with Crippen LogP contribution in [0.2, 0.25) is 0 Å². The monoisotopic (exact) mass is 918 g/mol. The molecule has 1 aliphatic rings. The molecule has 10 nitrogen and oxygen atoms in total. The van der Waals surface area contributed by atoms with E-state index >= 15 is 0 Å². The fourth-order valence-corrected chi connectivity index (χ4v) is 9.13. The molecule has 1 aromatic carbocycles. The molecule has 65 heavy (non-hydrogen) atoms. The Morgan fingerprint density at radius 1 is 0.554 bits per heavy atom.